The van der Waals surface area contributed by atoms with Gasteiger partial charge in [-0.2, -0.15) is 0 Å². The quantitative estimate of drug-likeness (QED) is 0.514. The Labute approximate surface area is 192 Å². The van der Waals surface area contributed by atoms with Crippen LogP contribution in [0.2, 0.25) is 0 Å². The summed E-state index contributed by atoms with van der Waals surface area (Å²) in [5.41, 5.74) is 3.02. The van der Waals surface area contributed by atoms with Crippen molar-refractivity contribution in [2.24, 2.45) is 0 Å². The highest BCUT2D eigenvalue weighted by Gasteiger charge is 2.20. The predicted molar refractivity (Wildman–Crippen MR) is 127 cm³/mol. The Morgan fingerprint density at radius 3 is 2.34 bits per heavy atom. The third-order valence-corrected chi connectivity index (χ3v) is 7.89. The van der Waals surface area contributed by atoms with Crippen LogP contribution in [0.3, 0.4) is 0 Å². The number of aryl methyl sites for hydroxylation is 2. The first-order valence-electron chi connectivity index (χ1n) is 10.4. The second-order valence-corrected chi connectivity index (χ2v) is 10.7. The summed E-state index contributed by atoms with van der Waals surface area (Å²) in [6.07, 6.45) is 4.85. The molecule has 1 saturated carbocycles. The number of hydrogen-bond acceptors (Lipinski definition) is 5. The van der Waals surface area contributed by atoms with Gasteiger partial charge in [-0.25, -0.2) is 13.4 Å². The van der Waals surface area contributed by atoms with Crippen LogP contribution >= 0.6 is 11.8 Å². The van der Waals surface area contributed by atoms with Gasteiger partial charge in [0.15, 0.2) is 0 Å². The van der Waals surface area contributed by atoms with E-state index in [9.17, 15) is 13.2 Å². The summed E-state index contributed by atoms with van der Waals surface area (Å²) in [6, 6.07) is 16.1. The van der Waals surface area contributed by atoms with Gasteiger partial charge in [0.1, 0.15) is 5.03 Å². The number of sulfonamides is 1. The summed E-state index contributed by atoms with van der Waals surface area (Å²) in [6.45, 7) is 3.84. The fourth-order valence-corrected chi connectivity index (χ4v) is 5.10. The molecule has 0 saturated heterocycles. The first kappa shape index (κ1) is 22.4. The summed E-state index contributed by atoms with van der Waals surface area (Å²) in [5, 5.41) is 3.76. The van der Waals surface area contributed by atoms with E-state index in [4.69, 9.17) is 0 Å². The van der Waals surface area contributed by atoms with Crippen molar-refractivity contribution in [3.8, 4) is 0 Å². The summed E-state index contributed by atoms with van der Waals surface area (Å²) < 4.78 is 27.9. The van der Waals surface area contributed by atoms with Crippen LogP contribution in [0.15, 0.2) is 75.6 Å². The van der Waals surface area contributed by atoms with Crippen LogP contribution in [0, 0.1) is 13.8 Å². The number of anilines is 1. The lowest BCUT2D eigenvalue weighted by molar-refractivity contribution is 0.0916. The molecule has 0 aliphatic heterocycles. The van der Waals surface area contributed by atoms with Gasteiger partial charge in [0.2, 0.25) is 0 Å². The van der Waals surface area contributed by atoms with Crippen molar-refractivity contribution in [3.63, 3.8) is 0 Å². The largest absolute Gasteiger partial charge is 0.349 e. The zero-order valence-electron chi connectivity index (χ0n) is 18.0. The van der Waals surface area contributed by atoms with E-state index in [-0.39, 0.29) is 10.8 Å². The van der Waals surface area contributed by atoms with Gasteiger partial charge in [-0.1, -0.05) is 17.8 Å². The van der Waals surface area contributed by atoms with Crippen LogP contribution < -0.4 is 10.0 Å². The van der Waals surface area contributed by atoms with E-state index in [1.54, 1.807) is 42.6 Å². The Hall–Kier alpha value is -2.84. The number of rotatable bonds is 7. The molecule has 0 atom stereocenters. The Bertz CT molecular complexity index is 1220. The lowest BCUT2D eigenvalue weighted by atomic mass is 9.93. The molecule has 0 radical (unpaired) electrons. The Kier molecular flexibility index (Phi) is 6.53. The van der Waals surface area contributed by atoms with Gasteiger partial charge in [-0.3, -0.25) is 9.52 Å². The maximum atomic E-state index is 12.7. The second kappa shape index (κ2) is 9.34. The number of hydrogen-bond donors (Lipinski definition) is 2. The molecule has 32 heavy (non-hydrogen) atoms. The van der Waals surface area contributed by atoms with Crippen molar-refractivity contribution >= 4 is 33.4 Å². The van der Waals surface area contributed by atoms with E-state index in [0.29, 0.717) is 17.3 Å². The SMILES string of the molecule is Cc1ccc(S(=O)(=O)Nc2ccc(Sc3ccc(C(=O)NC4CCC4)cn3)cc2)cc1C. The molecule has 166 valence electrons. The maximum absolute atomic E-state index is 12.7. The minimum atomic E-state index is -3.65. The fourth-order valence-electron chi connectivity index (χ4n) is 3.20. The molecule has 1 heterocycles. The van der Waals surface area contributed by atoms with Crippen molar-refractivity contribution in [2.75, 3.05) is 4.72 Å². The molecule has 4 rings (SSSR count). The standard InChI is InChI=1S/C24H25N3O3S2/c1-16-6-12-22(14-17(16)2)32(29,30)27-20-8-10-21(11-9-20)31-23-13-7-18(15-25-23)24(28)26-19-4-3-5-19/h6-15,19,27H,3-5H2,1-2H3,(H,26,28). The number of nitrogens with zero attached hydrogens (tertiary/aromatic N) is 1. The number of amides is 1. The average Bonchev–Trinajstić information content (AvgIpc) is 2.74. The first-order valence-corrected chi connectivity index (χ1v) is 12.7. The number of aromatic nitrogens is 1. The van der Waals surface area contributed by atoms with Crippen molar-refractivity contribution < 1.29 is 13.2 Å². The molecule has 3 aromatic rings. The van der Waals surface area contributed by atoms with Crippen LogP contribution in [0.1, 0.15) is 40.7 Å². The van der Waals surface area contributed by atoms with E-state index < -0.39 is 10.0 Å². The third kappa shape index (κ3) is 5.31. The molecule has 2 aromatic carbocycles. The molecule has 0 bridgehead atoms. The number of nitrogens with one attached hydrogen (secondary N) is 2. The molecule has 1 fully saturated rings. The molecule has 2 N–H and O–H groups in total. The van der Waals surface area contributed by atoms with Crippen LogP contribution in [0.4, 0.5) is 5.69 Å². The second-order valence-electron chi connectivity index (χ2n) is 7.96. The fraction of sp³-hybridized carbons (Fsp3) is 0.250. The van der Waals surface area contributed by atoms with Crippen LogP contribution in [0.25, 0.3) is 0 Å². The molecule has 8 heteroatoms. The van der Waals surface area contributed by atoms with Gasteiger partial charge >= 0.3 is 0 Å². The van der Waals surface area contributed by atoms with E-state index in [2.05, 4.69) is 15.0 Å². The predicted octanol–water partition coefficient (Wildman–Crippen LogP) is 4.93. The molecular formula is C24H25N3O3S2. The minimum absolute atomic E-state index is 0.0841. The number of pyridine rings is 1. The smallest absolute Gasteiger partial charge is 0.261 e. The number of carbonyl (C=O) groups is 1. The summed E-state index contributed by atoms with van der Waals surface area (Å²) in [5.74, 6) is -0.0841. The molecule has 6 nitrogen and oxygen atoms in total. The lowest BCUT2D eigenvalue weighted by Crippen LogP contribution is -2.39. The van der Waals surface area contributed by atoms with Gasteiger partial charge in [-0.15, -0.1) is 0 Å². The van der Waals surface area contributed by atoms with Gasteiger partial charge in [0.05, 0.1) is 10.5 Å². The molecule has 0 spiro atoms. The maximum Gasteiger partial charge on any atom is 0.261 e. The molecule has 1 aromatic heterocycles. The number of carbonyl (C=O) groups excluding carboxylic acids is 1. The Balaban J connectivity index is 1.38. The highest BCUT2D eigenvalue weighted by atomic mass is 32.2. The zero-order chi connectivity index (χ0) is 22.7. The molecule has 0 unspecified atom stereocenters. The van der Waals surface area contributed by atoms with Crippen molar-refractivity contribution in [2.45, 2.75) is 54.0 Å². The average molecular weight is 468 g/mol. The molecule has 1 aliphatic rings. The molecular weight excluding hydrogens is 442 g/mol. The van der Waals surface area contributed by atoms with Crippen molar-refractivity contribution in [3.05, 3.63) is 77.5 Å². The van der Waals surface area contributed by atoms with Crippen molar-refractivity contribution in [1.29, 1.82) is 0 Å². The first-order chi connectivity index (χ1) is 15.3. The Morgan fingerprint density at radius 2 is 1.75 bits per heavy atom. The highest BCUT2D eigenvalue weighted by Crippen LogP contribution is 2.28. The normalized spacial score (nSPS) is 13.9. The van der Waals surface area contributed by atoms with Gasteiger partial charge in [0.25, 0.3) is 15.9 Å². The summed E-state index contributed by atoms with van der Waals surface area (Å²) in [7, 11) is -3.65. The van der Waals surface area contributed by atoms with Crippen LogP contribution in [-0.2, 0) is 10.0 Å². The third-order valence-electron chi connectivity index (χ3n) is 5.56. The lowest BCUT2D eigenvalue weighted by Gasteiger charge is -2.26. The van der Waals surface area contributed by atoms with Crippen LogP contribution in [-0.4, -0.2) is 25.4 Å². The van der Waals surface area contributed by atoms with E-state index in [1.165, 1.54) is 18.2 Å². The van der Waals surface area contributed by atoms with Gasteiger partial charge in [-0.05, 0) is 92.8 Å². The van der Waals surface area contributed by atoms with Crippen LogP contribution in [0.5, 0.6) is 0 Å². The van der Waals surface area contributed by atoms with Gasteiger partial charge < -0.3 is 5.32 Å². The topological polar surface area (TPSA) is 88.2 Å². The minimum Gasteiger partial charge on any atom is -0.349 e. The van der Waals surface area contributed by atoms with E-state index >= 15 is 0 Å². The number of benzene rings is 2. The molecule has 1 amide bonds. The summed E-state index contributed by atoms with van der Waals surface area (Å²) in [4.78, 5) is 17.7. The van der Waals surface area contributed by atoms with Crippen molar-refractivity contribution in [1.82, 2.24) is 10.3 Å². The zero-order valence-corrected chi connectivity index (χ0v) is 19.6. The molecule has 1 aliphatic carbocycles. The van der Waals surface area contributed by atoms with E-state index in [0.717, 1.165) is 33.9 Å². The van der Waals surface area contributed by atoms with E-state index in [1.807, 2.05) is 32.0 Å². The van der Waals surface area contributed by atoms with Gasteiger partial charge in [0, 0.05) is 22.8 Å². The highest BCUT2D eigenvalue weighted by molar-refractivity contribution is 7.99. The monoisotopic (exact) mass is 467 g/mol. The summed E-state index contributed by atoms with van der Waals surface area (Å²) >= 11 is 1.44. The Morgan fingerprint density at radius 1 is 1.00 bits per heavy atom.